The van der Waals surface area contributed by atoms with Crippen molar-refractivity contribution < 1.29 is 19.1 Å². The fraction of sp³-hybridized carbons (Fsp3) is 0.483. The molecular weight excluding hydrogens is 454 g/mol. The number of aryl methyl sites for hydroxylation is 3. The largest absolute Gasteiger partial charge is 0.444 e. The summed E-state index contributed by atoms with van der Waals surface area (Å²) in [4.78, 5) is 41.3. The first-order valence-corrected chi connectivity index (χ1v) is 12.7. The molecule has 1 aliphatic carbocycles. The van der Waals surface area contributed by atoms with Crippen LogP contribution < -0.4 is 10.6 Å². The molecule has 2 aromatic rings. The summed E-state index contributed by atoms with van der Waals surface area (Å²) < 4.78 is 5.29. The molecule has 3 amide bonds. The SMILES string of the molecule is CCc1ccc(C(C(=O)Nc2c(C)cccc2C)N(C(=O)CNC(=O)OC(C)(C)C)C2CCC2)cc1. The van der Waals surface area contributed by atoms with Crippen molar-refractivity contribution in [3.63, 3.8) is 0 Å². The number of ether oxygens (including phenoxy) is 1. The van der Waals surface area contributed by atoms with E-state index in [2.05, 4.69) is 17.6 Å². The number of hydrogen-bond acceptors (Lipinski definition) is 4. The van der Waals surface area contributed by atoms with Crippen LogP contribution in [-0.4, -0.2) is 41.0 Å². The van der Waals surface area contributed by atoms with Crippen molar-refractivity contribution >= 4 is 23.6 Å². The highest BCUT2D eigenvalue weighted by Crippen LogP contribution is 2.34. The van der Waals surface area contributed by atoms with Gasteiger partial charge in [-0.15, -0.1) is 0 Å². The molecule has 0 radical (unpaired) electrons. The van der Waals surface area contributed by atoms with Gasteiger partial charge in [0.2, 0.25) is 5.91 Å². The quantitative estimate of drug-likeness (QED) is 0.512. The van der Waals surface area contributed by atoms with Gasteiger partial charge < -0.3 is 20.3 Å². The van der Waals surface area contributed by atoms with Crippen molar-refractivity contribution in [1.82, 2.24) is 10.2 Å². The molecule has 2 N–H and O–H groups in total. The highest BCUT2D eigenvalue weighted by atomic mass is 16.6. The van der Waals surface area contributed by atoms with E-state index in [0.29, 0.717) is 0 Å². The molecule has 1 saturated carbocycles. The topological polar surface area (TPSA) is 87.7 Å². The van der Waals surface area contributed by atoms with Crippen LogP contribution in [0.25, 0.3) is 0 Å². The molecule has 0 aliphatic heterocycles. The molecule has 1 unspecified atom stereocenters. The van der Waals surface area contributed by atoms with Crippen molar-refractivity contribution in [2.24, 2.45) is 0 Å². The second-order valence-corrected chi connectivity index (χ2v) is 10.5. The molecular formula is C29H39N3O4. The van der Waals surface area contributed by atoms with Crippen LogP contribution in [0.2, 0.25) is 0 Å². The number of alkyl carbamates (subject to hydrolysis) is 1. The fourth-order valence-corrected chi connectivity index (χ4v) is 4.35. The standard InChI is InChI=1S/C29H39N3O4/c1-7-21-14-16-22(17-15-21)26(27(34)31-25-19(2)10-8-11-20(25)3)32(23-12-9-13-23)24(33)18-30-28(35)36-29(4,5)6/h8,10-11,14-17,23,26H,7,9,12-13,18H2,1-6H3,(H,30,35)(H,31,34). The summed E-state index contributed by atoms with van der Waals surface area (Å²) in [5.74, 6) is -0.582. The first-order valence-electron chi connectivity index (χ1n) is 12.7. The number of rotatable bonds is 8. The summed E-state index contributed by atoms with van der Waals surface area (Å²) in [6.45, 7) is 11.0. The smallest absolute Gasteiger partial charge is 0.408 e. The van der Waals surface area contributed by atoms with E-state index >= 15 is 0 Å². The molecule has 1 fully saturated rings. The number of hydrogen-bond donors (Lipinski definition) is 2. The van der Waals surface area contributed by atoms with Gasteiger partial charge in [-0.3, -0.25) is 9.59 Å². The number of nitrogens with zero attached hydrogens (tertiary/aromatic N) is 1. The number of carbonyl (C=O) groups excluding carboxylic acids is 3. The number of nitrogens with one attached hydrogen (secondary N) is 2. The van der Waals surface area contributed by atoms with E-state index in [4.69, 9.17) is 4.74 Å². The van der Waals surface area contributed by atoms with E-state index in [1.54, 1.807) is 25.7 Å². The Bertz CT molecular complexity index is 1060. The van der Waals surface area contributed by atoms with Gasteiger partial charge in [-0.05, 0) is 82.6 Å². The van der Waals surface area contributed by atoms with Crippen molar-refractivity contribution in [2.75, 3.05) is 11.9 Å². The zero-order chi connectivity index (χ0) is 26.5. The number of benzene rings is 2. The Labute approximate surface area is 214 Å². The van der Waals surface area contributed by atoms with Crippen molar-refractivity contribution in [2.45, 2.75) is 84.9 Å². The molecule has 7 heteroatoms. The number of carbonyl (C=O) groups is 3. The maximum Gasteiger partial charge on any atom is 0.408 e. The molecule has 3 rings (SSSR count). The van der Waals surface area contributed by atoms with Crippen LogP contribution in [-0.2, 0) is 20.7 Å². The monoisotopic (exact) mass is 493 g/mol. The minimum atomic E-state index is -0.826. The molecule has 0 aromatic heterocycles. The van der Waals surface area contributed by atoms with E-state index in [-0.39, 0.29) is 24.4 Å². The normalized spacial score (nSPS) is 14.4. The maximum absolute atomic E-state index is 13.9. The molecule has 194 valence electrons. The summed E-state index contributed by atoms with van der Waals surface area (Å²) in [6, 6.07) is 12.8. The van der Waals surface area contributed by atoms with Gasteiger partial charge in [0.05, 0.1) is 0 Å². The average molecular weight is 494 g/mol. The van der Waals surface area contributed by atoms with Gasteiger partial charge in [0.25, 0.3) is 5.91 Å². The lowest BCUT2D eigenvalue weighted by atomic mass is 9.88. The summed E-state index contributed by atoms with van der Waals surface area (Å²) >= 11 is 0. The Morgan fingerprint density at radius 2 is 1.64 bits per heavy atom. The lowest BCUT2D eigenvalue weighted by molar-refractivity contribution is -0.143. The fourth-order valence-electron chi connectivity index (χ4n) is 4.35. The third kappa shape index (κ3) is 6.86. The molecule has 0 bridgehead atoms. The average Bonchev–Trinajstić information content (AvgIpc) is 2.77. The highest BCUT2D eigenvalue weighted by Gasteiger charge is 2.39. The maximum atomic E-state index is 13.9. The highest BCUT2D eigenvalue weighted by molar-refractivity contribution is 5.99. The minimum Gasteiger partial charge on any atom is -0.444 e. The summed E-state index contributed by atoms with van der Waals surface area (Å²) in [7, 11) is 0. The predicted octanol–water partition coefficient (Wildman–Crippen LogP) is 5.45. The van der Waals surface area contributed by atoms with Gasteiger partial charge in [0.15, 0.2) is 0 Å². The molecule has 1 atom stereocenters. The van der Waals surface area contributed by atoms with Crippen LogP contribution in [0.1, 0.15) is 75.3 Å². The van der Waals surface area contributed by atoms with Crippen molar-refractivity contribution in [3.8, 4) is 0 Å². The third-order valence-electron chi connectivity index (χ3n) is 6.50. The van der Waals surface area contributed by atoms with Crippen LogP contribution in [0, 0.1) is 13.8 Å². The first-order chi connectivity index (χ1) is 17.0. The lowest BCUT2D eigenvalue weighted by Gasteiger charge is -2.42. The Kier molecular flexibility index (Phi) is 8.77. The number of amides is 3. The van der Waals surface area contributed by atoms with E-state index in [1.807, 2.05) is 56.3 Å². The molecule has 0 saturated heterocycles. The molecule has 0 spiro atoms. The van der Waals surface area contributed by atoms with E-state index in [1.165, 1.54) is 0 Å². The van der Waals surface area contributed by atoms with Crippen LogP contribution >= 0.6 is 0 Å². The van der Waals surface area contributed by atoms with Crippen LogP contribution in [0.4, 0.5) is 10.5 Å². The van der Waals surface area contributed by atoms with Gasteiger partial charge in [-0.2, -0.15) is 0 Å². The van der Waals surface area contributed by atoms with Crippen LogP contribution in [0.3, 0.4) is 0 Å². The van der Waals surface area contributed by atoms with Crippen molar-refractivity contribution in [1.29, 1.82) is 0 Å². The second-order valence-electron chi connectivity index (χ2n) is 10.5. The zero-order valence-electron chi connectivity index (χ0n) is 22.3. The molecule has 7 nitrogen and oxygen atoms in total. The lowest BCUT2D eigenvalue weighted by Crippen LogP contribution is -2.53. The Balaban J connectivity index is 1.93. The van der Waals surface area contributed by atoms with E-state index in [9.17, 15) is 14.4 Å². The molecule has 0 heterocycles. The van der Waals surface area contributed by atoms with E-state index in [0.717, 1.165) is 53.6 Å². The molecule has 1 aliphatic rings. The van der Waals surface area contributed by atoms with Crippen molar-refractivity contribution in [3.05, 3.63) is 64.7 Å². The van der Waals surface area contributed by atoms with Crippen LogP contribution in [0.15, 0.2) is 42.5 Å². The summed E-state index contributed by atoms with van der Waals surface area (Å²) in [6.07, 6.45) is 2.85. The van der Waals surface area contributed by atoms with Gasteiger partial charge >= 0.3 is 6.09 Å². The van der Waals surface area contributed by atoms with Gasteiger partial charge in [0.1, 0.15) is 18.2 Å². The van der Waals surface area contributed by atoms with Gasteiger partial charge in [0, 0.05) is 11.7 Å². The van der Waals surface area contributed by atoms with E-state index < -0.39 is 17.7 Å². The summed E-state index contributed by atoms with van der Waals surface area (Å²) in [5, 5.41) is 5.67. The Morgan fingerprint density at radius 3 is 2.14 bits per heavy atom. The second kappa shape index (κ2) is 11.6. The van der Waals surface area contributed by atoms with Gasteiger partial charge in [-0.1, -0.05) is 49.4 Å². The van der Waals surface area contributed by atoms with Gasteiger partial charge in [-0.25, -0.2) is 4.79 Å². The predicted molar refractivity (Wildman–Crippen MR) is 142 cm³/mol. The Morgan fingerprint density at radius 1 is 1.03 bits per heavy atom. The van der Waals surface area contributed by atoms with Crippen LogP contribution in [0.5, 0.6) is 0 Å². The Hall–Kier alpha value is -3.35. The number of para-hydroxylation sites is 1. The third-order valence-corrected chi connectivity index (χ3v) is 6.50. The summed E-state index contributed by atoms with van der Waals surface area (Å²) in [5.41, 5.74) is 3.89. The molecule has 2 aromatic carbocycles. The first kappa shape index (κ1) is 27.2. The molecule has 36 heavy (non-hydrogen) atoms. The minimum absolute atomic E-state index is 0.0718. The number of anilines is 1. The zero-order valence-corrected chi connectivity index (χ0v) is 22.3.